The average molecular weight is 461 g/mol. The van der Waals surface area contributed by atoms with E-state index >= 15 is 0 Å². The van der Waals surface area contributed by atoms with E-state index in [0.717, 1.165) is 5.56 Å². The van der Waals surface area contributed by atoms with Gasteiger partial charge in [-0.05, 0) is 37.1 Å². The van der Waals surface area contributed by atoms with Gasteiger partial charge in [0.1, 0.15) is 0 Å². The molecule has 0 atom stereocenters. The van der Waals surface area contributed by atoms with E-state index in [1.165, 1.54) is 12.1 Å². The number of aliphatic carboxylic acids is 1. The van der Waals surface area contributed by atoms with Crippen LogP contribution in [0.5, 0.6) is 0 Å². The second-order valence-corrected chi connectivity index (χ2v) is 7.72. The van der Waals surface area contributed by atoms with Crippen molar-refractivity contribution in [3.05, 3.63) is 84.4 Å². The number of carbonyl (C=O) groups is 1. The molecule has 4 rings (SSSR count). The van der Waals surface area contributed by atoms with E-state index in [0.29, 0.717) is 37.0 Å². The zero-order valence-electron chi connectivity index (χ0n) is 16.9. The van der Waals surface area contributed by atoms with Gasteiger partial charge in [0.05, 0.1) is 21.4 Å². The number of non-ortho nitro benzene ring substituents is 1. The number of hydrogen-bond acceptors (Lipinski definition) is 6. The predicted octanol–water partition coefficient (Wildman–Crippen LogP) is 2.16. The maximum atomic E-state index is 12.1. The molecule has 2 aromatic carbocycles. The first-order valence-electron chi connectivity index (χ1n) is 9.75. The first-order chi connectivity index (χ1) is 14.8. The van der Waals surface area contributed by atoms with Crippen LogP contribution in [0.2, 0.25) is 0 Å². The Morgan fingerprint density at radius 2 is 1.72 bits per heavy atom. The lowest BCUT2D eigenvalue weighted by atomic mass is 9.73. The molecule has 11 heteroatoms. The van der Waals surface area contributed by atoms with E-state index in [9.17, 15) is 29.6 Å². The molecule has 0 radical (unpaired) electrons. The monoisotopic (exact) mass is 460 g/mol. The fraction of sp³-hybridized carbons (Fsp3) is 0.286. The Kier molecular flexibility index (Phi) is 6.47. The molecule has 0 unspecified atom stereocenters. The summed E-state index contributed by atoms with van der Waals surface area (Å²) in [6.07, 6.45) is 0.763. The summed E-state index contributed by atoms with van der Waals surface area (Å²) in [5.41, 5.74) is -1.16. The summed E-state index contributed by atoms with van der Waals surface area (Å²) >= 11 is 0. The molecular formula is C21H21ClN4O6. The zero-order chi connectivity index (χ0) is 22.2. The molecule has 0 saturated carbocycles. The minimum atomic E-state index is -0.984. The van der Waals surface area contributed by atoms with Crippen molar-refractivity contribution in [2.24, 2.45) is 0 Å². The normalized spacial score (nSPS) is 15.8. The van der Waals surface area contributed by atoms with Crippen LogP contribution < -0.4 is 11.1 Å². The quantitative estimate of drug-likeness (QED) is 0.300. The van der Waals surface area contributed by atoms with Gasteiger partial charge in [0.25, 0.3) is 5.69 Å². The van der Waals surface area contributed by atoms with Crippen LogP contribution in [-0.2, 0) is 16.8 Å². The molecular weight excluding hydrogens is 440 g/mol. The minimum Gasteiger partial charge on any atom is -0.481 e. The van der Waals surface area contributed by atoms with Crippen LogP contribution in [0.1, 0.15) is 24.0 Å². The number of nitrogens with zero attached hydrogens (tertiary/aromatic N) is 2. The van der Waals surface area contributed by atoms with Crippen LogP contribution in [0.3, 0.4) is 0 Å². The van der Waals surface area contributed by atoms with Crippen LogP contribution in [0.25, 0.3) is 11.0 Å². The predicted molar refractivity (Wildman–Crippen MR) is 119 cm³/mol. The molecule has 1 aromatic heterocycles. The van der Waals surface area contributed by atoms with Crippen LogP contribution in [0.15, 0.2) is 52.1 Å². The van der Waals surface area contributed by atoms with Crippen LogP contribution in [0, 0.1) is 10.1 Å². The van der Waals surface area contributed by atoms with E-state index < -0.39 is 27.4 Å². The van der Waals surface area contributed by atoms with E-state index in [1.54, 1.807) is 0 Å². The lowest BCUT2D eigenvalue weighted by Crippen LogP contribution is -2.47. The summed E-state index contributed by atoms with van der Waals surface area (Å²) in [6.45, 7) is 1.18. The SMILES string of the molecule is Cl.O=C(O)C1(c2ccccc2)CCN(Cc2cc([N+](=O)[O-])cc3[nH]c(=O)c(=O)[nH]c23)CC1. The van der Waals surface area contributed by atoms with Crippen molar-refractivity contribution in [1.29, 1.82) is 0 Å². The van der Waals surface area contributed by atoms with Gasteiger partial charge in [0, 0.05) is 18.7 Å². The van der Waals surface area contributed by atoms with Crippen molar-refractivity contribution in [1.82, 2.24) is 14.9 Å². The number of fused-ring (bicyclic) bond motifs is 1. The highest BCUT2D eigenvalue weighted by Crippen LogP contribution is 2.36. The van der Waals surface area contributed by atoms with E-state index in [1.807, 2.05) is 35.2 Å². The summed E-state index contributed by atoms with van der Waals surface area (Å²) in [4.78, 5) is 53.2. The average Bonchev–Trinajstić information content (AvgIpc) is 2.76. The Labute approximate surface area is 187 Å². The summed E-state index contributed by atoms with van der Waals surface area (Å²) < 4.78 is 0. The van der Waals surface area contributed by atoms with E-state index in [2.05, 4.69) is 9.97 Å². The Bertz CT molecular complexity index is 1280. The van der Waals surface area contributed by atoms with E-state index in [-0.39, 0.29) is 30.2 Å². The highest BCUT2D eigenvalue weighted by Gasteiger charge is 2.43. The van der Waals surface area contributed by atoms with Crippen molar-refractivity contribution in [2.75, 3.05) is 13.1 Å². The lowest BCUT2D eigenvalue weighted by Gasteiger charge is -2.39. The number of carboxylic acid groups (broad SMARTS) is 1. The molecule has 2 heterocycles. The van der Waals surface area contributed by atoms with Crippen LogP contribution in [-0.4, -0.2) is 44.0 Å². The molecule has 3 aromatic rings. The number of carboxylic acids is 1. The van der Waals surface area contributed by atoms with Crippen molar-refractivity contribution in [3.63, 3.8) is 0 Å². The van der Waals surface area contributed by atoms with E-state index in [4.69, 9.17) is 0 Å². The maximum Gasteiger partial charge on any atom is 0.314 e. The topological polar surface area (TPSA) is 149 Å². The highest BCUT2D eigenvalue weighted by molar-refractivity contribution is 5.85. The maximum absolute atomic E-state index is 12.1. The highest BCUT2D eigenvalue weighted by atomic mass is 35.5. The number of benzene rings is 2. The number of nitrogens with one attached hydrogen (secondary N) is 2. The Morgan fingerprint density at radius 1 is 1.09 bits per heavy atom. The third kappa shape index (κ3) is 4.14. The number of nitro benzene ring substituents is 1. The Morgan fingerprint density at radius 3 is 2.31 bits per heavy atom. The molecule has 1 fully saturated rings. The smallest absolute Gasteiger partial charge is 0.314 e. The molecule has 32 heavy (non-hydrogen) atoms. The second kappa shape index (κ2) is 8.93. The summed E-state index contributed by atoms with van der Waals surface area (Å²) in [5, 5.41) is 21.3. The second-order valence-electron chi connectivity index (χ2n) is 7.72. The van der Waals surface area contributed by atoms with Gasteiger partial charge < -0.3 is 15.1 Å². The molecule has 1 saturated heterocycles. The first-order valence-corrected chi connectivity index (χ1v) is 9.75. The van der Waals surface area contributed by atoms with Crippen molar-refractivity contribution in [3.8, 4) is 0 Å². The Hall–Kier alpha value is -3.50. The number of likely N-dealkylation sites (tertiary alicyclic amines) is 1. The van der Waals surface area contributed by atoms with Crippen molar-refractivity contribution in [2.45, 2.75) is 24.8 Å². The van der Waals surface area contributed by atoms with Gasteiger partial charge in [-0.25, -0.2) is 0 Å². The number of rotatable bonds is 5. The molecule has 0 aliphatic carbocycles. The number of aromatic amines is 2. The molecule has 0 amide bonds. The standard InChI is InChI=1S/C21H20N4O6.ClH/c26-18-19(27)23-17-13(10-15(25(30)31)11-16(17)22-18)12-24-8-6-21(7-9-24,20(28)29)14-4-2-1-3-5-14;/h1-5,10-11H,6-9,12H2,(H,22,26)(H,23,27)(H,28,29);1H. The molecule has 0 spiro atoms. The number of halogens is 1. The lowest BCUT2D eigenvalue weighted by molar-refractivity contribution is -0.384. The third-order valence-electron chi connectivity index (χ3n) is 5.95. The molecule has 168 valence electrons. The zero-order valence-corrected chi connectivity index (χ0v) is 17.7. The molecule has 10 nitrogen and oxygen atoms in total. The molecule has 0 bridgehead atoms. The van der Waals surface area contributed by atoms with Gasteiger partial charge in [-0.1, -0.05) is 30.3 Å². The number of aromatic nitrogens is 2. The summed E-state index contributed by atoms with van der Waals surface area (Å²) in [5.74, 6) is -0.874. The molecule has 1 aliphatic rings. The van der Waals surface area contributed by atoms with Crippen LogP contribution >= 0.6 is 12.4 Å². The van der Waals surface area contributed by atoms with Gasteiger partial charge in [-0.2, -0.15) is 0 Å². The fourth-order valence-electron chi connectivity index (χ4n) is 4.23. The van der Waals surface area contributed by atoms with Gasteiger partial charge in [0.2, 0.25) is 0 Å². The van der Waals surface area contributed by atoms with Gasteiger partial charge in [-0.3, -0.25) is 29.4 Å². The third-order valence-corrected chi connectivity index (χ3v) is 5.95. The largest absolute Gasteiger partial charge is 0.481 e. The number of H-pyrrole nitrogens is 2. The van der Waals surface area contributed by atoms with Crippen LogP contribution in [0.4, 0.5) is 5.69 Å². The molecule has 3 N–H and O–H groups in total. The summed E-state index contributed by atoms with van der Waals surface area (Å²) in [6, 6.07) is 11.7. The fourth-order valence-corrected chi connectivity index (χ4v) is 4.23. The van der Waals surface area contributed by atoms with Gasteiger partial charge in [0.15, 0.2) is 0 Å². The number of hydrogen-bond donors (Lipinski definition) is 3. The minimum absolute atomic E-state index is 0. The van der Waals surface area contributed by atoms with Crippen molar-refractivity contribution < 1.29 is 14.8 Å². The summed E-state index contributed by atoms with van der Waals surface area (Å²) in [7, 11) is 0. The molecule has 1 aliphatic heterocycles. The Balaban J connectivity index is 0.00000289. The van der Waals surface area contributed by atoms with Gasteiger partial charge in [-0.15, -0.1) is 12.4 Å². The number of nitro groups is 1. The van der Waals surface area contributed by atoms with Crippen molar-refractivity contribution >= 4 is 35.1 Å². The number of piperidine rings is 1. The van der Waals surface area contributed by atoms with Gasteiger partial charge >= 0.3 is 17.1 Å². The first kappa shape index (κ1) is 23.2.